The third-order valence-corrected chi connectivity index (χ3v) is 4.10. The zero-order valence-electron chi connectivity index (χ0n) is 12.9. The van der Waals surface area contributed by atoms with Gasteiger partial charge in [-0.3, -0.25) is 14.2 Å². The van der Waals surface area contributed by atoms with Crippen LogP contribution in [0.15, 0.2) is 6.20 Å². The Morgan fingerprint density at radius 1 is 1.33 bits per heavy atom. The number of aryl methyl sites for hydroxylation is 3. The van der Waals surface area contributed by atoms with Gasteiger partial charge in [0.15, 0.2) is 0 Å². The fraction of sp³-hybridized carbons (Fsp3) is 0.500. The molecule has 0 aromatic carbocycles. The van der Waals surface area contributed by atoms with Crippen molar-refractivity contribution in [3.8, 4) is 0 Å². The summed E-state index contributed by atoms with van der Waals surface area (Å²) < 4.78 is 3.40. The van der Waals surface area contributed by atoms with Crippen molar-refractivity contribution in [3.05, 3.63) is 33.9 Å². The van der Waals surface area contributed by atoms with Crippen molar-refractivity contribution >= 4 is 17.5 Å². The maximum absolute atomic E-state index is 12.2. The van der Waals surface area contributed by atoms with Gasteiger partial charge in [0.25, 0.3) is 0 Å². The first kappa shape index (κ1) is 15.6. The molecule has 0 saturated carbocycles. The molecular formula is C14H20ClN5O. The Balaban J connectivity index is 2.04. The first-order valence-electron chi connectivity index (χ1n) is 6.79. The van der Waals surface area contributed by atoms with E-state index in [1.165, 1.54) is 0 Å². The summed E-state index contributed by atoms with van der Waals surface area (Å²) in [5.41, 5.74) is 3.75. The van der Waals surface area contributed by atoms with Gasteiger partial charge in [-0.25, -0.2) is 0 Å². The van der Waals surface area contributed by atoms with Gasteiger partial charge >= 0.3 is 0 Å². The fourth-order valence-electron chi connectivity index (χ4n) is 2.17. The van der Waals surface area contributed by atoms with Gasteiger partial charge in [0.1, 0.15) is 6.04 Å². The van der Waals surface area contributed by atoms with E-state index in [2.05, 4.69) is 15.5 Å². The topological polar surface area (TPSA) is 64.7 Å². The Hall–Kier alpha value is -1.82. The molecule has 0 spiro atoms. The third kappa shape index (κ3) is 3.10. The van der Waals surface area contributed by atoms with Gasteiger partial charge in [-0.15, -0.1) is 0 Å². The molecule has 6 nitrogen and oxygen atoms in total. The number of hydrogen-bond donors (Lipinski definition) is 1. The molecule has 2 aromatic rings. The van der Waals surface area contributed by atoms with E-state index >= 15 is 0 Å². The maximum atomic E-state index is 12.2. The predicted molar refractivity (Wildman–Crippen MR) is 81.2 cm³/mol. The van der Waals surface area contributed by atoms with E-state index in [-0.39, 0.29) is 5.91 Å². The molecule has 114 valence electrons. The fourth-order valence-corrected chi connectivity index (χ4v) is 2.31. The molecule has 0 aliphatic heterocycles. The van der Waals surface area contributed by atoms with Crippen molar-refractivity contribution in [2.45, 2.75) is 40.3 Å². The molecule has 0 aliphatic carbocycles. The van der Waals surface area contributed by atoms with E-state index in [1.807, 2.05) is 32.5 Å². The van der Waals surface area contributed by atoms with Crippen molar-refractivity contribution in [1.29, 1.82) is 0 Å². The van der Waals surface area contributed by atoms with Crippen molar-refractivity contribution in [2.24, 2.45) is 7.05 Å². The van der Waals surface area contributed by atoms with Gasteiger partial charge in [-0.1, -0.05) is 11.6 Å². The Morgan fingerprint density at radius 2 is 2.00 bits per heavy atom. The monoisotopic (exact) mass is 309 g/mol. The molecule has 1 N–H and O–H groups in total. The van der Waals surface area contributed by atoms with Gasteiger partial charge in [0.2, 0.25) is 5.91 Å². The minimum Gasteiger partial charge on any atom is -0.350 e. The Kier molecular flexibility index (Phi) is 4.37. The molecule has 1 amide bonds. The van der Waals surface area contributed by atoms with Crippen molar-refractivity contribution < 1.29 is 4.79 Å². The second-order valence-electron chi connectivity index (χ2n) is 5.21. The number of halogens is 1. The second kappa shape index (κ2) is 5.89. The number of rotatable bonds is 4. The highest BCUT2D eigenvalue weighted by atomic mass is 35.5. The summed E-state index contributed by atoms with van der Waals surface area (Å²) in [6.07, 6.45) is 1.67. The lowest BCUT2D eigenvalue weighted by Gasteiger charge is -2.13. The van der Waals surface area contributed by atoms with Gasteiger partial charge < -0.3 is 5.32 Å². The lowest BCUT2D eigenvalue weighted by molar-refractivity contribution is -0.124. The highest BCUT2D eigenvalue weighted by Gasteiger charge is 2.18. The minimum atomic E-state index is -0.409. The van der Waals surface area contributed by atoms with Crippen LogP contribution in [-0.4, -0.2) is 25.5 Å². The van der Waals surface area contributed by atoms with E-state index in [0.717, 1.165) is 22.6 Å². The number of nitrogens with zero attached hydrogens (tertiary/aromatic N) is 4. The molecule has 2 aromatic heterocycles. The lowest BCUT2D eigenvalue weighted by Crippen LogP contribution is -2.31. The van der Waals surface area contributed by atoms with Crippen LogP contribution in [0.3, 0.4) is 0 Å². The van der Waals surface area contributed by atoms with Crippen LogP contribution in [0.1, 0.15) is 35.6 Å². The molecule has 0 fully saturated rings. The molecule has 21 heavy (non-hydrogen) atoms. The van der Waals surface area contributed by atoms with Crippen LogP contribution in [0, 0.1) is 20.8 Å². The van der Waals surface area contributed by atoms with Crippen LogP contribution in [0.5, 0.6) is 0 Å². The zero-order chi connectivity index (χ0) is 15.7. The van der Waals surface area contributed by atoms with Crippen LogP contribution in [0.2, 0.25) is 5.02 Å². The summed E-state index contributed by atoms with van der Waals surface area (Å²) in [4.78, 5) is 12.2. The largest absolute Gasteiger partial charge is 0.350 e. The molecule has 0 aliphatic rings. The first-order chi connectivity index (χ1) is 9.81. The van der Waals surface area contributed by atoms with E-state index in [4.69, 9.17) is 11.6 Å². The molecule has 1 unspecified atom stereocenters. The summed E-state index contributed by atoms with van der Waals surface area (Å²) in [7, 11) is 1.89. The van der Waals surface area contributed by atoms with Gasteiger partial charge in [-0.2, -0.15) is 10.2 Å². The lowest BCUT2D eigenvalue weighted by atomic mass is 10.2. The highest BCUT2D eigenvalue weighted by molar-refractivity contribution is 6.31. The zero-order valence-corrected chi connectivity index (χ0v) is 13.7. The Bertz CT molecular complexity index is 654. The van der Waals surface area contributed by atoms with Crippen LogP contribution in [0.4, 0.5) is 0 Å². The first-order valence-corrected chi connectivity index (χ1v) is 7.17. The summed E-state index contributed by atoms with van der Waals surface area (Å²) in [5.74, 6) is -0.100. The van der Waals surface area contributed by atoms with E-state index < -0.39 is 6.04 Å². The molecule has 1 atom stereocenters. The number of amides is 1. The minimum absolute atomic E-state index is 0.100. The number of aromatic nitrogens is 4. The number of carbonyl (C=O) groups excluding carboxylic acids is 1. The summed E-state index contributed by atoms with van der Waals surface area (Å²) in [6.45, 7) is 7.99. The number of carbonyl (C=O) groups is 1. The van der Waals surface area contributed by atoms with Crippen LogP contribution < -0.4 is 5.32 Å². The van der Waals surface area contributed by atoms with Gasteiger partial charge in [0, 0.05) is 31.0 Å². The number of nitrogens with one attached hydrogen (secondary N) is 1. The summed E-state index contributed by atoms with van der Waals surface area (Å²) in [5, 5.41) is 12.1. The Labute approximate surface area is 129 Å². The van der Waals surface area contributed by atoms with E-state index in [0.29, 0.717) is 11.6 Å². The van der Waals surface area contributed by atoms with Crippen molar-refractivity contribution in [1.82, 2.24) is 24.9 Å². The molecular weight excluding hydrogens is 290 g/mol. The standard InChI is InChI=1S/C14H20ClN5O/c1-8-12(10(3)19(5)17-8)6-16-14(21)11(4)20-7-13(15)9(2)18-20/h7,11H,6H2,1-5H3,(H,16,21). The van der Waals surface area contributed by atoms with Gasteiger partial charge in [-0.05, 0) is 27.7 Å². The molecule has 0 radical (unpaired) electrons. The summed E-state index contributed by atoms with van der Waals surface area (Å²) >= 11 is 5.97. The maximum Gasteiger partial charge on any atom is 0.244 e. The predicted octanol–water partition coefficient (Wildman–Crippen LogP) is 2.07. The van der Waals surface area contributed by atoms with Crippen molar-refractivity contribution in [3.63, 3.8) is 0 Å². The summed E-state index contributed by atoms with van der Waals surface area (Å²) in [6, 6.07) is -0.409. The SMILES string of the molecule is Cc1nn(C(C)C(=O)NCc2c(C)nn(C)c2C)cc1Cl. The second-order valence-corrected chi connectivity index (χ2v) is 5.62. The molecule has 0 bridgehead atoms. The Morgan fingerprint density at radius 3 is 2.48 bits per heavy atom. The van der Waals surface area contributed by atoms with Crippen molar-refractivity contribution in [2.75, 3.05) is 0 Å². The normalized spacial score (nSPS) is 12.5. The average Bonchev–Trinajstić information content (AvgIpc) is 2.88. The molecule has 0 saturated heterocycles. The van der Waals surface area contributed by atoms with E-state index in [9.17, 15) is 4.79 Å². The molecule has 2 rings (SSSR count). The highest BCUT2D eigenvalue weighted by Crippen LogP contribution is 2.16. The number of hydrogen-bond acceptors (Lipinski definition) is 3. The average molecular weight is 310 g/mol. The van der Waals surface area contributed by atoms with Crippen LogP contribution in [0.25, 0.3) is 0 Å². The van der Waals surface area contributed by atoms with Crippen LogP contribution in [-0.2, 0) is 18.4 Å². The quantitative estimate of drug-likeness (QED) is 0.940. The van der Waals surface area contributed by atoms with Gasteiger partial charge in [0.05, 0.1) is 16.4 Å². The molecule has 2 heterocycles. The third-order valence-electron chi connectivity index (χ3n) is 3.73. The van der Waals surface area contributed by atoms with Crippen LogP contribution >= 0.6 is 11.6 Å². The molecule has 7 heteroatoms. The van der Waals surface area contributed by atoms with E-state index in [1.54, 1.807) is 17.8 Å². The smallest absolute Gasteiger partial charge is 0.244 e.